The van der Waals surface area contributed by atoms with Crippen molar-refractivity contribution in [3.05, 3.63) is 22.7 Å². The summed E-state index contributed by atoms with van der Waals surface area (Å²) in [4.78, 5) is 36.5. The second-order valence-electron chi connectivity index (χ2n) is 5.88. The Hall–Kier alpha value is -2.48. The quantitative estimate of drug-likeness (QED) is 0.778. The molecule has 2 rings (SSSR count). The van der Waals surface area contributed by atoms with Gasteiger partial charge in [0, 0.05) is 12.1 Å². The molecule has 25 heavy (non-hydrogen) atoms. The second kappa shape index (κ2) is 7.18. The summed E-state index contributed by atoms with van der Waals surface area (Å²) < 4.78 is 10.4. The molecule has 0 bridgehead atoms. The summed E-state index contributed by atoms with van der Waals surface area (Å²) in [5.74, 6) is -1.98. The van der Waals surface area contributed by atoms with Gasteiger partial charge in [-0.25, -0.2) is 4.79 Å². The monoisotopic (exact) mass is 370 g/mol. The molecule has 3 N–H and O–H groups in total. The first-order valence-electron chi connectivity index (χ1n) is 7.54. The summed E-state index contributed by atoms with van der Waals surface area (Å²) >= 11 is 6.14. The predicted octanol–water partition coefficient (Wildman–Crippen LogP) is 1.29. The Morgan fingerprint density at radius 1 is 1.40 bits per heavy atom. The highest BCUT2D eigenvalue weighted by Crippen LogP contribution is 2.38. The molecule has 0 spiro atoms. The van der Waals surface area contributed by atoms with Gasteiger partial charge in [-0.15, -0.1) is 0 Å². The standard InChI is InChI=1S/C16H19ClN2O6/c1-16(15(22)23)4-3-5-19(16)14(21)9-6-10(17)13(11(7-9)24-2)25-8-12(18)20/h6-7H,3-5,8H2,1-2H3,(H2,18,20)(H,22,23). The van der Waals surface area contributed by atoms with Gasteiger partial charge in [-0.2, -0.15) is 0 Å². The smallest absolute Gasteiger partial charge is 0.329 e. The molecule has 1 unspecified atom stereocenters. The van der Waals surface area contributed by atoms with Crippen LogP contribution in [0.4, 0.5) is 0 Å². The van der Waals surface area contributed by atoms with Crippen molar-refractivity contribution < 1.29 is 29.0 Å². The Labute approximate surface area is 149 Å². The first-order valence-corrected chi connectivity index (χ1v) is 7.92. The third-order valence-corrected chi connectivity index (χ3v) is 4.46. The van der Waals surface area contributed by atoms with Crippen molar-refractivity contribution in [2.45, 2.75) is 25.3 Å². The number of amides is 2. The topological polar surface area (TPSA) is 119 Å². The molecule has 1 fully saturated rings. The molecule has 2 amide bonds. The minimum Gasteiger partial charge on any atom is -0.493 e. The van der Waals surface area contributed by atoms with Crippen LogP contribution in [-0.4, -0.2) is 53.6 Å². The molecule has 1 aliphatic rings. The maximum absolute atomic E-state index is 12.8. The Balaban J connectivity index is 2.36. The Kier molecular flexibility index (Phi) is 5.42. The van der Waals surface area contributed by atoms with Crippen LogP contribution < -0.4 is 15.2 Å². The number of likely N-dealkylation sites (tertiary alicyclic amines) is 1. The molecule has 1 atom stereocenters. The van der Waals surface area contributed by atoms with E-state index in [1.807, 2.05) is 0 Å². The average molecular weight is 371 g/mol. The number of rotatable bonds is 6. The lowest BCUT2D eigenvalue weighted by atomic mass is 9.98. The number of aliphatic carboxylic acids is 1. The number of halogens is 1. The Bertz CT molecular complexity index is 723. The van der Waals surface area contributed by atoms with E-state index in [9.17, 15) is 19.5 Å². The highest BCUT2D eigenvalue weighted by molar-refractivity contribution is 6.32. The zero-order chi connectivity index (χ0) is 18.8. The number of carboxylic acid groups (broad SMARTS) is 1. The third kappa shape index (κ3) is 3.63. The van der Waals surface area contributed by atoms with Crippen LogP contribution >= 0.6 is 11.6 Å². The summed E-state index contributed by atoms with van der Waals surface area (Å²) in [6.45, 7) is 1.46. The van der Waals surface area contributed by atoms with E-state index in [0.717, 1.165) is 0 Å². The van der Waals surface area contributed by atoms with E-state index in [0.29, 0.717) is 19.4 Å². The van der Waals surface area contributed by atoms with E-state index in [2.05, 4.69) is 0 Å². The van der Waals surface area contributed by atoms with Crippen molar-refractivity contribution in [1.29, 1.82) is 0 Å². The molecule has 1 aromatic rings. The maximum Gasteiger partial charge on any atom is 0.329 e. The predicted molar refractivity (Wildman–Crippen MR) is 89.0 cm³/mol. The number of hydrogen-bond donors (Lipinski definition) is 2. The third-order valence-electron chi connectivity index (χ3n) is 4.18. The van der Waals surface area contributed by atoms with E-state index in [-0.39, 0.29) is 22.1 Å². The van der Waals surface area contributed by atoms with Gasteiger partial charge in [0.2, 0.25) is 0 Å². The minimum absolute atomic E-state index is 0.0557. The Morgan fingerprint density at radius 3 is 2.64 bits per heavy atom. The highest BCUT2D eigenvalue weighted by atomic mass is 35.5. The highest BCUT2D eigenvalue weighted by Gasteiger charge is 2.46. The van der Waals surface area contributed by atoms with Crippen molar-refractivity contribution in [3.63, 3.8) is 0 Å². The van der Waals surface area contributed by atoms with Crippen LogP contribution in [0.3, 0.4) is 0 Å². The number of carbonyl (C=O) groups excluding carboxylic acids is 2. The van der Waals surface area contributed by atoms with Crippen molar-refractivity contribution in [2.75, 3.05) is 20.3 Å². The maximum atomic E-state index is 12.8. The fourth-order valence-electron chi connectivity index (χ4n) is 2.79. The molecular formula is C16H19ClN2O6. The molecule has 1 heterocycles. The van der Waals surface area contributed by atoms with Crippen molar-refractivity contribution in [3.8, 4) is 11.5 Å². The van der Waals surface area contributed by atoms with Crippen LogP contribution in [0.25, 0.3) is 0 Å². The summed E-state index contributed by atoms with van der Waals surface area (Å²) in [6.07, 6.45) is 0.970. The molecule has 0 radical (unpaired) electrons. The van der Waals surface area contributed by atoms with Gasteiger partial charge in [-0.1, -0.05) is 11.6 Å². The number of methoxy groups -OCH3 is 1. The average Bonchev–Trinajstić information content (AvgIpc) is 2.95. The lowest BCUT2D eigenvalue weighted by Gasteiger charge is -2.31. The number of carboxylic acids is 1. The summed E-state index contributed by atoms with van der Waals surface area (Å²) in [5.41, 5.74) is 3.94. The van der Waals surface area contributed by atoms with Crippen molar-refractivity contribution >= 4 is 29.4 Å². The van der Waals surface area contributed by atoms with E-state index in [4.69, 9.17) is 26.8 Å². The number of hydrogen-bond acceptors (Lipinski definition) is 5. The minimum atomic E-state index is -1.27. The van der Waals surface area contributed by atoms with E-state index >= 15 is 0 Å². The molecule has 0 saturated carbocycles. The molecule has 9 heteroatoms. The van der Waals surface area contributed by atoms with Crippen LogP contribution in [0.5, 0.6) is 11.5 Å². The van der Waals surface area contributed by atoms with Gasteiger partial charge < -0.3 is 25.2 Å². The lowest BCUT2D eigenvalue weighted by molar-refractivity contribution is -0.147. The van der Waals surface area contributed by atoms with Gasteiger partial charge in [0.05, 0.1) is 12.1 Å². The van der Waals surface area contributed by atoms with E-state index in [1.165, 1.54) is 31.1 Å². The van der Waals surface area contributed by atoms with E-state index < -0.39 is 29.9 Å². The van der Waals surface area contributed by atoms with Gasteiger partial charge >= 0.3 is 5.97 Å². The number of nitrogens with two attached hydrogens (primary N) is 1. The SMILES string of the molecule is COc1cc(C(=O)N2CCCC2(C)C(=O)O)cc(Cl)c1OCC(N)=O. The van der Waals surface area contributed by atoms with Crippen LogP contribution in [0.15, 0.2) is 12.1 Å². The van der Waals surface area contributed by atoms with Crippen molar-refractivity contribution in [1.82, 2.24) is 4.90 Å². The first-order chi connectivity index (χ1) is 11.7. The second-order valence-corrected chi connectivity index (χ2v) is 6.29. The summed E-state index contributed by atoms with van der Waals surface area (Å²) in [6, 6.07) is 2.74. The van der Waals surface area contributed by atoms with Crippen LogP contribution in [-0.2, 0) is 9.59 Å². The van der Waals surface area contributed by atoms with Crippen LogP contribution in [0, 0.1) is 0 Å². The largest absolute Gasteiger partial charge is 0.493 e. The first kappa shape index (κ1) is 18.9. The summed E-state index contributed by atoms with van der Waals surface area (Å²) in [7, 11) is 1.36. The number of nitrogens with zero attached hydrogens (tertiary/aromatic N) is 1. The van der Waals surface area contributed by atoms with Crippen LogP contribution in [0.1, 0.15) is 30.1 Å². The van der Waals surface area contributed by atoms with Gasteiger partial charge in [0.15, 0.2) is 18.1 Å². The molecule has 136 valence electrons. The molecule has 1 saturated heterocycles. The molecule has 8 nitrogen and oxygen atoms in total. The van der Waals surface area contributed by atoms with Gasteiger partial charge in [0.1, 0.15) is 5.54 Å². The summed E-state index contributed by atoms with van der Waals surface area (Å²) in [5, 5.41) is 9.51. The number of benzene rings is 1. The van der Waals surface area contributed by atoms with Crippen molar-refractivity contribution in [2.24, 2.45) is 5.73 Å². The number of ether oxygens (including phenoxy) is 2. The van der Waals surface area contributed by atoms with Gasteiger partial charge in [0.25, 0.3) is 11.8 Å². The normalized spacial score (nSPS) is 19.6. The van der Waals surface area contributed by atoms with E-state index in [1.54, 1.807) is 0 Å². The molecule has 1 aromatic carbocycles. The zero-order valence-electron chi connectivity index (χ0n) is 13.9. The fraction of sp³-hybridized carbons (Fsp3) is 0.438. The van der Waals surface area contributed by atoms with Gasteiger partial charge in [-0.3, -0.25) is 9.59 Å². The molecule has 1 aliphatic heterocycles. The molecule has 0 aromatic heterocycles. The number of primary amides is 1. The molecule has 0 aliphatic carbocycles. The fourth-order valence-corrected chi connectivity index (χ4v) is 3.06. The lowest BCUT2D eigenvalue weighted by Crippen LogP contribution is -2.50. The van der Waals surface area contributed by atoms with Gasteiger partial charge in [-0.05, 0) is 31.9 Å². The van der Waals surface area contributed by atoms with Crippen LogP contribution in [0.2, 0.25) is 5.02 Å². The number of carbonyl (C=O) groups is 3. The zero-order valence-corrected chi connectivity index (χ0v) is 14.6. The molecular weight excluding hydrogens is 352 g/mol. The Morgan fingerprint density at radius 2 is 2.08 bits per heavy atom.